The van der Waals surface area contributed by atoms with E-state index in [-0.39, 0.29) is 24.3 Å². The lowest BCUT2D eigenvalue weighted by atomic mass is 9.98. The molecule has 10 heteroatoms. The van der Waals surface area contributed by atoms with E-state index in [1.54, 1.807) is 0 Å². The molecule has 0 aromatic heterocycles. The fraction of sp³-hybridized carbons (Fsp3) is 0.481. The number of carboxylic acids is 1. The van der Waals surface area contributed by atoms with Crippen LogP contribution in [0.4, 0.5) is 18.9 Å². The molecule has 3 rings (SSSR count). The van der Waals surface area contributed by atoms with Gasteiger partial charge < -0.3 is 25.2 Å². The third-order valence-corrected chi connectivity index (χ3v) is 6.31. The highest BCUT2D eigenvalue weighted by Gasteiger charge is 2.34. The summed E-state index contributed by atoms with van der Waals surface area (Å²) >= 11 is 0. The second kappa shape index (κ2) is 12.3. The van der Waals surface area contributed by atoms with Crippen LogP contribution in [0.15, 0.2) is 48.5 Å². The first kappa shape index (κ1) is 28.3. The van der Waals surface area contributed by atoms with Gasteiger partial charge >= 0.3 is 12.1 Å². The molecule has 0 unspecified atom stereocenters. The van der Waals surface area contributed by atoms with Crippen LogP contribution in [0, 0.1) is 5.92 Å². The van der Waals surface area contributed by atoms with Crippen LogP contribution >= 0.6 is 0 Å². The third kappa shape index (κ3) is 8.11. The molecule has 0 aliphatic heterocycles. The predicted octanol–water partition coefficient (Wildman–Crippen LogP) is 4.94. The summed E-state index contributed by atoms with van der Waals surface area (Å²) in [7, 11) is 0. The van der Waals surface area contributed by atoms with Gasteiger partial charge in [0.15, 0.2) is 0 Å². The number of aliphatic carboxylic acids is 1. The molecule has 0 saturated heterocycles. The van der Waals surface area contributed by atoms with Crippen LogP contribution in [0.3, 0.4) is 0 Å². The zero-order valence-electron chi connectivity index (χ0n) is 20.9. The smallest absolute Gasteiger partial charge is 0.416 e. The molecule has 3 N–H and O–H groups in total. The summed E-state index contributed by atoms with van der Waals surface area (Å²) in [5.41, 5.74) is 0.0578. The fourth-order valence-corrected chi connectivity index (χ4v) is 4.55. The van der Waals surface area contributed by atoms with Crippen molar-refractivity contribution in [2.24, 2.45) is 5.92 Å². The minimum Gasteiger partial charge on any atom is -0.489 e. The van der Waals surface area contributed by atoms with E-state index in [0.717, 1.165) is 22.7 Å². The van der Waals surface area contributed by atoms with Gasteiger partial charge in [-0.3, -0.25) is 9.59 Å². The largest absolute Gasteiger partial charge is 0.489 e. The van der Waals surface area contributed by atoms with E-state index in [4.69, 9.17) is 4.74 Å². The Morgan fingerprint density at radius 2 is 1.78 bits per heavy atom. The summed E-state index contributed by atoms with van der Waals surface area (Å²) < 4.78 is 45.2. The molecule has 202 valence electrons. The molecule has 0 spiro atoms. The molecule has 2 aromatic carbocycles. The summed E-state index contributed by atoms with van der Waals surface area (Å²) in [6.07, 6.45) is -3.86. The van der Waals surface area contributed by atoms with E-state index in [1.807, 2.05) is 38.1 Å². The van der Waals surface area contributed by atoms with E-state index in [0.29, 0.717) is 31.4 Å². The van der Waals surface area contributed by atoms with Crippen LogP contribution in [-0.4, -0.2) is 51.8 Å². The van der Waals surface area contributed by atoms with Crippen molar-refractivity contribution < 1.29 is 37.7 Å². The number of anilines is 1. The van der Waals surface area contributed by atoms with Crippen molar-refractivity contribution in [3.8, 4) is 5.75 Å². The maximum absolute atomic E-state index is 13.3. The Morgan fingerprint density at radius 1 is 1.08 bits per heavy atom. The van der Waals surface area contributed by atoms with E-state index in [2.05, 4.69) is 5.32 Å². The van der Waals surface area contributed by atoms with Gasteiger partial charge in [0.2, 0.25) is 5.91 Å². The van der Waals surface area contributed by atoms with E-state index < -0.39 is 42.2 Å². The molecule has 3 atom stereocenters. The Kier molecular flexibility index (Phi) is 9.42. The molecular formula is C27H33F3N2O5. The number of benzene rings is 2. The second-order valence-electron chi connectivity index (χ2n) is 9.62. The first-order chi connectivity index (χ1) is 17.4. The van der Waals surface area contributed by atoms with Gasteiger partial charge in [0, 0.05) is 12.5 Å². The summed E-state index contributed by atoms with van der Waals surface area (Å²) in [4.78, 5) is 25.9. The molecule has 7 nitrogen and oxygen atoms in total. The number of hydrogen-bond acceptors (Lipinski definition) is 5. The minimum absolute atomic E-state index is 0.0407. The number of aliphatic hydroxyl groups excluding tert-OH is 1. The van der Waals surface area contributed by atoms with Crippen LogP contribution in [-0.2, 0) is 22.3 Å². The first-order valence-electron chi connectivity index (χ1n) is 12.3. The minimum atomic E-state index is -4.55. The number of alkyl halides is 3. The first-order valence-corrected chi connectivity index (χ1v) is 12.3. The standard InChI is InChI=1S/C27H33F3N2O5/c1-17(2)37-24-9-4-3-8-22(24)31-21-12-10-19(11-13-23(21)33)26(36)32(16-25(34)35)15-18-6-5-7-20(14-18)27(28,29)30/h3-9,14,17,19,21,23,31,33H,10-13,15-16H2,1-2H3,(H,34,35)/t19-,21+,23+/m1/s1. The van der Waals surface area contributed by atoms with Crippen molar-refractivity contribution in [1.29, 1.82) is 0 Å². The van der Waals surface area contributed by atoms with Crippen LogP contribution in [0.25, 0.3) is 0 Å². The Bertz CT molecular complexity index is 1080. The monoisotopic (exact) mass is 522 g/mol. The number of rotatable bonds is 9. The van der Waals surface area contributed by atoms with Crippen LogP contribution in [0.5, 0.6) is 5.75 Å². The van der Waals surface area contributed by atoms with E-state index in [1.165, 1.54) is 12.1 Å². The lowest BCUT2D eigenvalue weighted by Crippen LogP contribution is -2.39. The van der Waals surface area contributed by atoms with Crippen LogP contribution in [0.2, 0.25) is 0 Å². The van der Waals surface area contributed by atoms with Crippen LogP contribution < -0.4 is 10.1 Å². The van der Waals surface area contributed by atoms with Crippen molar-refractivity contribution in [1.82, 2.24) is 4.90 Å². The molecule has 1 amide bonds. The number of halogens is 3. The third-order valence-electron chi connectivity index (χ3n) is 6.31. The topological polar surface area (TPSA) is 99.1 Å². The SMILES string of the molecule is CC(C)Oc1ccccc1N[C@H]1CC[C@@H](C(=O)N(CC(=O)O)Cc2cccc(C(F)(F)F)c2)CC[C@@H]1O. The second-order valence-corrected chi connectivity index (χ2v) is 9.62. The number of ether oxygens (including phenoxy) is 1. The number of aliphatic hydroxyl groups is 1. The summed E-state index contributed by atoms with van der Waals surface area (Å²) in [6, 6.07) is 11.5. The lowest BCUT2D eigenvalue weighted by Gasteiger charge is -2.26. The molecule has 0 radical (unpaired) electrons. The van der Waals surface area contributed by atoms with Gasteiger partial charge in [0.05, 0.1) is 29.5 Å². The van der Waals surface area contributed by atoms with Crippen molar-refractivity contribution >= 4 is 17.6 Å². The highest BCUT2D eigenvalue weighted by atomic mass is 19.4. The van der Waals surface area contributed by atoms with Gasteiger partial charge in [0.1, 0.15) is 12.3 Å². The Hall–Kier alpha value is -3.27. The number of hydrogen-bond donors (Lipinski definition) is 3. The van der Waals surface area contributed by atoms with Crippen molar-refractivity contribution in [2.45, 2.75) is 70.5 Å². The van der Waals surface area contributed by atoms with Gasteiger partial charge in [-0.1, -0.05) is 24.3 Å². The zero-order chi connectivity index (χ0) is 27.2. The molecular weight excluding hydrogens is 489 g/mol. The van der Waals surface area contributed by atoms with Crippen molar-refractivity contribution in [3.05, 3.63) is 59.7 Å². The quantitative estimate of drug-likeness (QED) is 0.404. The highest BCUT2D eigenvalue weighted by Crippen LogP contribution is 2.32. The summed E-state index contributed by atoms with van der Waals surface area (Å²) in [5, 5.41) is 23.5. The molecule has 0 bridgehead atoms. The average molecular weight is 523 g/mol. The van der Waals surface area contributed by atoms with E-state index in [9.17, 15) is 33.0 Å². The fourth-order valence-electron chi connectivity index (χ4n) is 4.55. The Balaban J connectivity index is 1.72. The van der Waals surface area contributed by atoms with Gasteiger partial charge in [-0.2, -0.15) is 13.2 Å². The number of para-hydroxylation sites is 2. The molecule has 2 aromatic rings. The molecule has 1 saturated carbocycles. The number of carbonyl (C=O) groups excluding carboxylic acids is 1. The number of nitrogens with zero attached hydrogens (tertiary/aromatic N) is 1. The van der Waals surface area contributed by atoms with Crippen LogP contribution in [0.1, 0.15) is 50.7 Å². The molecule has 0 heterocycles. The van der Waals surface area contributed by atoms with Gasteiger partial charge in [-0.25, -0.2) is 0 Å². The van der Waals surface area contributed by atoms with E-state index >= 15 is 0 Å². The van der Waals surface area contributed by atoms with Crippen molar-refractivity contribution in [3.63, 3.8) is 0 Å². The van der Waals surface area contributed by atoms with Gasteiger partial charge in [0.25, 0.3) is 0 Å². The number of amides is 1. The van der Waals surface area contributed by atoms with Gasteiger partial charge in [-0.05, 0) is 69.4 Å². The number of carbonyl (C=O) groups is 2. The molecule has 1 fully saturated rings. The zero-order valence-corrected chi connectivity index (χ0v) is 20.9. The molecule has 1 aliphatic carbocycles. The Morgan fingerprint density at radius 3 is 2.46 bits per heavy atom. The average Bonchev–Trinajstić information content (AvgIpc) is 3.00. The molecule has 37 heavy (non-hydrogen) atoms. The van der Waals surface area contributed by atoms with Gasteiger partial charge in [-0.15, -0.1) is 0 Å². The maximum Gasteiger partial charge on any atom is 0.416 e. The predicted molar refractivity (Wildman–Crippen MR) is 132 cm³/mol. The summed E-state index contributed by atoms with van der Waals surface area (Å²) in [5.74, 6) is -1.62. The summed E-state index contributed by atoms with van der Waals surface area (Å²) in [6.45, 7) is 2.94. The Labute approximate surface area is 214 Å². The number of nitrogens with one attached hydrogen (secondary N) is 1. The molecule has 1 aliphatic rings. The number of carboxylic acid groups (broad SMARTS) is 1. The maximum atomic E-state index is 13.3. The lowest BCUT2D eigenvalue weighted by molar-refractivity contribution is -0.147. The highest BCUT2D eigenvalue weighted by molar-refractivity contribution is 5.83. The van der Waals surface area contributed by atoms with Crippen molar-refractivity contribution in [2.75, 3.05) is 11.9 Å². The normalized spacial score (nSPS) is 20.2.